The van der Waals surface area contributed by atoms with E-state index in [1.807, 2.05) is 12.1 Å². The SMILES string of the molecule is O=S(=O)(/C=C\c1cccc(Cl)c1Cl)Cc1ccc(Br)cc1. The summed E-state index contributed by atoms with van der Waals surface area (Å²) in [5.41, 5.74) is 1.29. The maximum Gasteiger partial charge on any atom is 0.175 e. The minimum absolute atomic E-state index is 0.0606. The molecular weight excluding hydrogens is 395 g/mol. The minimum Gasteiger partial charge on any atom is -0.224 e. The molecule has 0 aliphatic carbocycles. The van der Waals surface area contributed by atoms with Crippen molar-refractivity contribution >= 4 is 55.0 Å². The lowest BCUT2D eigenvalue weighted by molar-refractivity contribution is 0.604. The van der Waals surface area contributed by atoms with Crippen molar-refractivity contribution in [2.75, 3.05) is 0 Å². The van der Waals surface area contributed by atoms with Crippen molar-refractivity contribution in [2.45, 2.75) is 5.75 Å². The first kappa shape index (κ1) is 16.6. The molecule has 2 nitrogen and oxygen atoms in total. The van der Waals surface area contributed by atoms with Gasteiger partial charge in [-0.25, -0.2) is 8.42 Å². The van der Waals surface area contributed by atoms with E-state index in [0.29, 0.717) is 15.6 Å². The maximum atomic E-state index is 12.1. The molecule has 0 spiro atoms. The third kappa shape index (κ3) is 4.85. The van der Waals surface area contributed by atoms with Crippen LogP contribution >= 0.6 is 39.1 Å². The molecule has 110 valence electrons. The fraction of sp³-hybridized carbons (Fsp3) is 0.0667. The molecule has 2 aromatic carbocycles. The summed E-state index contributed by atoms with van der Waals surface area (Å²) in [4.78, 5) is 0. The Morgan fingerprint density at radius 3 is 2.38 bits per heavy atom. The third-order valence-electron chi connectivity index (χ3n) is 2.72. The van der Waals surface area contributed by atoms with Crippen molar-refractivity contribution in [2.24, 2.45) is 0 Å². The predicted octanol–water partition coefficient (Wildman–Crippen LogP) is 5.34. The molecule has 0 heterocycles. The lowest BCUT2D eigenvalue weighted by Crippen LogP contribution is -1.99. The molecule has 0 N–H and O–H groups in total. The average molecular weight is 406 g/mol. The number of halogens is 3. The van der Waals surface area contributed by atoms with Gasteiger partial charge in [0.05, 0.1) is 15.8 Å². The quantitative estimate of drug-likeness (QED) is 0.687. The monoisotopic (exact) mass is 404 g/mol. The van der Waals surface area contributed by atoms with Crippen LogP contribution in [0.25, 0.3) is 6.08 Å². The van der Waals surface area contributed by atoms with Gasteiger partial charge < -0.3 is 0 Å². The highest BCUT2D eigenvalue weighted by molar-refractivity contribution is 9.10. The smallest absolute Gasteiger partial charge is 0.175 e. The van der Waals surface area contributed by atoms with Gasteiger partial charge in [0.25, 0.3) is 0 Å². The molecule has 2 aromatic rings. The summed E-state index contributed by atoms with van der Waals surface area (Å²) in [6, 6.07) is 12.2. The Morgan fingerprint density at radius 2 is 1.71 bits per heavy atom. The van der Waals surface area contributed by atoms with Crippen molar-refractivity contribution in [3.05, 3.63) is 73.5 Å². The highest BCUT2D eigenvalue weighted by atomic mass is 79.9. The topological polar surface area (TPSA) is 34.1 Å². The highest BCUT2D eigenvalue weighted by Crippen LogP contribution is 2.26. The molecule has 2 rings (SSSR count). The van der Waals surface area contributed by atoms with Gasteiger partial charge in [-0.15, -0.1) is 0 Å². The van der Waals surface area contributed by atoms with Crippen LogP contribution in [-0.2, 0) is 15.6 Å². The minimum atomic E-state index is -3.37. The second kappa shape index (κ2) is 6.97. The van der Waals surface area contributed by atoms with Crippen LogP contribution in [0, 0.1) is 0 Å². The first-order valence-corrected chi connectivity index (χ1v) is 9.23. The number of sulfone groups is 1. The fourth-order valence-electron chi connectivity index (χ4n) is 1.69. The summed E-state index contributed by atoms with van der Waals surface area (Å²) in [5.74, 6) is -0.0606. The maximum absolute atomic E-state index is 12.1. The third-order valence-corrected chi connectivity index (χ3v) is 5.37. The average Bonchev–Trinajstić information content (AvgIpc) is 2.43. The number of hydrogen-bond acceptors (Lipinski definition) is 2. The zero-order valence-corrected chi connectivity index (χ0v) is 14.7. The van der Waals surface area contributed by atoms with E-state index in [4.69, 9.17) is 23.2 Å². The van der Waals surface area contributed by atoms with Crippen LogP contribution in [0.4, 0.5) is 0 Å². The van der Waals surface area contributed by atoms with Gasteiger partial charge in [0.1, 0.15) is 0 Å². The van der Waals surface area contributed by atoms with E-state index in [1.54, 1.807) is 30.3 Å². The summed E-state index contributed by atoms with van der Waals surface area (Å²) in [6.07, 6.45) is 1.46. The summed E-state index contributed by atoms with van der Waals surface area (Å²) >= 11 is 15.2. The van der Waals surface area contributed by atoms with Gasteiger partial charge in [0, 0.05) is 9.88 Å². The lowest BCUT2D eigenvalue weighted by Gasteiger charge is -2.02. The van der Waals surface area contributed by atoms with Gasteiger partial charge in [0.15, 0.2) is 9.84 Å². The number of benzene rings is 2. The molecule has 6 heteroatoms. The zero-order valence-electron chi connectivity index (χ0n) is 10.8. The van der Waals surface area contributed by atoms with Gasteiger partial charge in [-0.3, -0.25) is 0 Å². The van der Waals surface area contributed by atoms with Crippen LogP contribution in [-0.4, -0.2) is 8.42 Å². The Bertz CT molecular complexity index is 769. The molecule has 0 unspecified atom stereocenters. The predicted molar refractivity (Wildman–Crippen MR) is 92.3 cm³/mol. The summed E-state index contributed by atoms with van der Waals surface area (Å²) in [6.45, 7) is 0. The van der Waals surface area contributed by atoms with Gasteiger partial charge >= 0.3 is 0 Å². The van der Waals surface area contributed by atoms with Crippen LogP contribution in [0.3, 0.4) is 0 Å². The Balaban J connectivity index is 2.19. The Labute approximate surface area is 142 Å². The molecule has 0 aromatic heterocycles. The van der Waals surface area contributed by atoms with Crippen molar-refractivity contribution in [3.8, 4) is 0 Å². The highest BCUT2D eigenvalue weighted by Gasteiger charge is 2.09. The van der Waals surface area contributed by atoms with Crippen LogP contribution in [0.15, 0.2) is 52.3 Å². The lowest BCUT2D eigenvalue weighted by atomic mass is 10.2. The van der Waals surface area contributed by atoms with Gasteiger partial charge in [-0.05, 0) is 35.4 Å². The van der Waals surface area contributed by atoms with E-state index in [1.165, 1.54) is 6.08 Å². The Hall–Kier alpha value is -0.810. The standard InChI is InChI=1S/C15H11BrCl2O2S/c16-13-6-4-11(5-7-13)10-21(19,20)9-8-12-2-1-3-14(17)15(12)18/h1-9H,10H2/b9-8-. The van der Waals surface area contributed by atoms with Gasteiger partial charge in [-0.1, -0.05) is 63.4 Å². The molecule has 0 radical (unpaired) electrons. The Morgan fingerprint density at radius 1 is 1.05 bits per heavy atom. The molecule has 0 aliphatic heterocycles. The molecular formula is C15H11BrCl2O2S. The molecule has 0 aliphatic rings. The van der Waals surface area contributed by atoms with Gasteiger partial charge in [0.2, 0.25) is 0 Å². The van der Waals surface area contributed by atoms with Crippen molar-refractivity contribution in [3.63, 3.8) is 0 Å². The number of rotatable bonds is 4. The summed E-state index contributed by atoms with van der Waals surface area (Å²) in [5, 5.41) is 1.89. The molecule has 0 saturated carbocycles. The van der Waals surface area contributed by atoms with Crippen molar-refractivity contribution in [1.29, 1.82) is 0 Å². The summed E-state index contributed by atoms with van der Waals surface area (Å²) in [7, 11) is -3.37. The largest absolute Gasteiger partial charge is 0.224 e. The van der Waals surface area contributed by atoms with E-state index in [-0.39, 0.29) is 5.75 Å². The van der Waals surface area contributed by atoms with Crippen LogP contribution in [0.1, 0.15) is 11.1 Å². The molecule has 0 saturated heterocycles. The number of hydrogen-bond donors (Lipinski definition) is 0. The van der Waals surface area contributed by atoms with Gasteiger partial charge in [-0.2, -0.15) is 0 Å². The van der Waals surface area contributed by atoms with Crippen molar-refractivity contribution in [1.82, 2.24) is 0 Å². The first-order chi connectivity index (χ1) is 9.87. The molecule has 0 atom stereocenters. The van der Waals surface area contributed by atoms with E-state index >= 15 is 0 Å². The van der Waals surface area contributed by atoms with Crippen LogP contribution in [0.2, 0.25) is 10.0 Å². The second-order valence-electron chi connectivity index (χ2n) is 4.38. The Kier molecular flexibility index (Phi) is 5.49. The molecule has 0 amide bonds. The summed E-state index contributed by atoms with van der Waals surface area (Å²) < 4.78 is 25.1. The normalized spacial score (nSPS) is 12.0. The molecule has 0 bridgehead atoms. The van der Waals surface area contributed by atoms with E-state index in [9.17, 15) is 8.42 Å². The van der Waals surface area contributed by atoms with E-state index in [2.05, 4.69) is 15.9 Å². The second-order valence-corrected chi connectivity index (χ2v) is 7.97. The fourth-order valence-corrected chi connectivity index (χ4v) is 3.43. The molecule has 0 fully saturated rings. The first-order valence-electron chi connectivity index (χ1n) is 5.97. The van der Waals surface area contributed by atoms with Crippen LogP contribution < -0.4 is 0 Å². The van der Waals surface area contributed by atoms with Crippen molar-refractivity contribution < 1.29 is 8.42 Å². The van der Waals surface area contributed by atoms with E-state index in [0.717, 1.165) is 15.4 Å². The van der Waals surface area contributed by atoms with Crippen LogP contribution in [0.5, 0.6) is 0 Å². The molecule has 21 heavy (non-hydrogen) atoms. The zero-order chi connectivity index (χ0) is 15.5. The van der Waals surface area contributed by atoms with E-state index < -0.39 is 9.84 Å².